The molecule has 110 valence electrons. The molecule has 0 saturated heterocycles. The first-order valence-corrected chi connectivity index (χ1v) is 6.38. The third-order valence-corrected chi connectivity index (χ3v) is 2.81. The number of amides is 1. The van der Waals surface area contributed by atoms with Crippen molar-refractivity contribution in [2.24, 2.45) is 0 Å². The van der Waals surface area contributed by atoms with Crippen LogP contribution in [0.4, 0.5) is 8.78 Å². The smallest absolute Gasteiger partial charge is 0.305 e. The molecule has 1 aromatic rings. The van der Waals surface area contributed by atoms with E-state index < -0.39 is 29.6 Å². The van der Waals surface area contributed by atoms with Crippen LogP contribution in [0, 0.1) is 11.6 Å². The van der Waals surface area contributed by atoms with Gasteiger partial charge >= 0.3 is 5.97 Å². The number of benzene rings is 1. The van der Waals surface area contributed by atoms with Gasteiger partial charge in [0, 0.05) is 11.6 Å². The summed E-state index contributed by atoms with van der Waals surface area (Å²) in [7, 11) is 0. The van der Waals surface area contributed by atoms with E-state index in [1.54, 1.807) is 0 Å². The number of rotatable bonds is 7. The van der Waals surface area contributed by atoms with Crippen molar-refractivity contribution in [3.05, 3.63) is 35.4 Å². The van der Waals surface area contributed by atoms with Gasteiger partial charge in [0.1, 0.15) is 0 Å². The average molecular weight is 285 g/mol. The molecule has 1 atom stereocenters. The van der Waals surface area contributed by atoms with Crippen molar-refractivity contribution in [2.45, 2.75) is 38.6 Å². The number of halogens is 2. The van der Waals surface area contributed by atoms with Crippen molar-refractivity contribution in [1.29, 1.82) is 0 Å². The Balaban J connectivity index is 2.65. The Hall–Kier alpha value is -1.98. The molecule has 0 heterocycles. The van der Waals surface area contributed by atoms with E-state index in [1.165, 1.54) is 12.1 Å². The number of carbonyl (C=O) groups excluding carboxylic acids is 1. The van der Waals surface area contributed by atoms with Crippen LogP contribution in [0.5, 0.6) is 0 Å². The molecule has 0 bridgehead atoms. The van der Waals surface area contributed by atoms with Gasteiger partial charge in [0.2, 0.25) is 5.91 Å². The fourth-order valence-electron chi connectivity index (χ4n) is 1.92. The summed E-state index contributed by atoms with van der Waals surface area (Å²) in [4.78, 5) is 22.4. The van der Waals surface area contributed by atoms with E-state index in [4.69, 9.17) is 5.11 Å². The molecule has 6 heteroatoms. The quantitative estimate of drug-likeness (QED) is 0.807. The maximum atomic E-state index is 13.4. The van der Waals surface area contributed by atoms with Gasteiger partial charge in [0.25, 0.3) is 0 Å². The summed E-state index contributed by atoms with van der Waals surface area (Å²) in [5, 5.41) is 11.3. The number of carboxylic acid groups (broad SMARTS) is 1. The molecule has 0 aliphatic heterocycles. The highest BCUT2D eigenvalue weighted by atomic mass is 19.2. The minimum absolute atomic E-state index is 0.0481. The van der Waals surface area contributed by atoms with E-state index >= 15 is 0 Å². The first kappa shape index (κ1) is 16.1. The standard InChI is InChI=1S/C14H17F2NO3/c1-2-4-10(8-13(19)20)17-12(18)7-9-5-3-6-11(15)14(9)16/h3,5-6,10H,2,4,7-8H2,1H3,(H,17,18)(H,19,20). The number of nitrogens with one attached hydrogen (secondary N) is 1. The van der Waals surface area contributed by atoms with Gasteiger partial charge in [-0.15, -0.1) is 0 Å². The lowest BCUT2D eigenvalue weighted by Crippen LogP contribution is -2.37. The summed E-state index contributed by atoms with van der Waals surface area (Å²) in [5.41, 5.74) is -0.0481. The third kappa shape index (κ3) is 4.95. The summed E-state index contributed by atoms with van der Waals surface area (Å²) in [6.07, 6.45) is 0.727. The van der Waals surface area contributed by atoms with Crippen molar-refractivity contribution in [3.63, 3.8) is 0 Å². The van der Waals surface area contributed by atoms with Crippen LogP contribution in [-0.2, 0) is 16.0 Å². The molecule has 1 amide bonds. The fraction of sp³-hybridized carbons (Fsp3) is 0.429. The predicted octanol–water partition coefficient (Wildman–Crippen LogP) is 2.27. The molecule has 4 nitrogen and oxygen atoms in total. The molecule has 1 unspecified atom stereocenters. The molecule has 0 fully saturated rings. The van der Waals surface area contributed by atoms with E-state index in [0.717, 1.165) is 6.07 Å². The summed E-state index contributed by atoms with van der Waals surface area (Å²) in [6, 6.07) is 3.12. The molecule has 0 aromatic heterocycles. The van der Waals surface area contributed by atoms with Gasteiger partial charge in [-0.3, -0.25) is 9.59 Å². The lowest BCUT2D eigenvalue weighted by Gasteiger charge is -2.16. The van der Waals surface area contributed by atoms with Gasteiger partial charge in [-0.25, -0.2) is 8.78 Å². The van der Waals surface area contributed by atoms with Crippen molar-refractivity contribution >= 4 is 11.9 Å². The Kier molecular flexibility index (Phi) is 6.09. The lowest BCUT2D eigenvalue weighted by atomic mass is 10.1. The Morgan fingerprint density at radius 1 is 1.35 bits per heavy atom. The van der Waals surface area contributed by atoms with E-state index in [1.807, 2.05) is 6.92 Å². The van der Waals surface area contributed by atoms with Crippen LogP contribution in [0.1, 0.15) is 31.7 Å². The minimum atomic E-state index is -1.05. The van der Waals surface area contributed by atoms with Crippen LogP contribution < -0.4 is 5.32 Å². The molecule has 1 rings (SSSR count). The third-order valence-electron chi connectivity index (χ3n) is 2.81. The van der Waals surface area contributed by atoms with Crippen LogP contribution in [0.3, 0.4) is 0 Å². The number of carbonyl (C=O) groups is 2. The van der Waals surface area contributed by atoms with Gasteiger partial charge in [0.05, 0.1) is 12.8 Å². The highest BCUT2D eigenvalue weighted by Crippen LogP contribution is 2.12. The molecular formula is C14H17F2NO3. The number of carboxylic acids is 1. The maximum Gasteiger partial charge on any atom is 0.305 e. The van der Waals surface area contributed by atoms with Gasteiger partial charge in [-0.05, 0) is 12.5 Å². The number of hydrogen-bond donors (Lipinski definition) is 2. The predicted molar refractivity (Wildman–Crippen MR) is 69.2 cm³/mol. The SMILES string of the molecule is CCCC(CC(=O)O)NC(=O)Cc1cccc(F)c1F. The second kappa shape index (κ2) is 7.57. The van der Waals surface area contributed by atoms with E-state index in [2.05, 4.69) is 5.32 Å². The van der Waals surface area contributed by atoms with Gasteiger partial charge in [-0.1, -0.05) is 25.5 Å². The topological polar surface area (TPSA) is 66.4 Å². The van der Waals surface area contributed by atoms with Crippen molar-refractivity contribution < 1.29 is 23.5 Å². The molecule has 0 radical (unpaired) electrons. The Morgan fingerprint density at radius 2 is 2.05 bits per heavy atom. The monoisotopic (exact) mass is 285 g/mol. The molecule has 1 aromatic carbocycles. The molecule has 0 aliphatic rings. The van der Waals surface area contributed by atoms with Gasteiger partial charge in [-0.2, -0.15) is 0 Å². The first-order chi connectivity index (χ1) is 9.43. The Bertz CT molecular complexity index is 491. The molecule has 0 aliphatic carbocycles. The second-order valence-electron chi connectivity index (χ2n) is 4.54. The van der Waals surface area contributed by atoms with E-state index in [9.17, 15) is 18.4 Å². The summed E-state index contributed by atoms with van der Waals surface area (Å²) in [5.74, 6) is -3.59. The maximum absolute atomic E-state index is 13.4. The van der Waals surface area contributed by atoms with Crippen molar-refractivity contribution in [3.8, 4) is 0 Å². The van der Waals surface area contributed by atoms with Crippen LogP contribution in [0.25, 0.3) is 0 Å². The zero-order valence-corrected chi connectivity index (χ0v) is 11.2. The molecule has 2 N–H and O–H groups in total. The van der Waals surface area contributed by atoms with Crippen LogP contribution >= 0.6 is 0 Å². The van der Waals surface area contributed by atoms with Gasteiger partial charge < -0.3 is 10.4 Å². The second-order valence-corrected chi connectivity index (χ2v) is 4.54. The summed E-state index contributed by atoms with van der Waals surface area (Å²) >= 11 is 0. The highest BCUT2D eigenvalue weighted by Gasteiger charge is 2.17. The Morgan fingerprint density at radius 3 is 2.65 bits per heavy atom. The number of hydrogen-bond acceptors (Lipinski definition) is 2. The minimum Gasteiger partial charge on any atom is -0.481 e. The highest BCUT2D eigenvalue weighted by molar-refractivity contribution is 5.79. The van der Waals surface area contributed by atoms with Crippen LogP contribution in [-0.4, -0.2) is 23.0 Å². The zero-order chi connectivity index (χ0) is 15.1. The fourth-order valence-corrected chi connectivity index (χ4v) is 1.92. The molecular weight excluding hydrogens is 268 g/mol. The largest absolute Gasteiger partial charge is 0.481 e. The molecule has 0 saturated carbocycles. The van der Waals surface area contributed by atoms with Crippen LogP contribution in [0.15, 0.2) is 18.2 Å². The number of aliphatic carboxylic acids is 1. The first-order valence-electron chi connectivity index (χ1n) is 6.38. The van der Waals surface area contributed by atoms with E-state index in [0.29, 0.717) is 12.8 Å². The van der Waals surface area contributed by atoms with Crippen molar-refractivity contribution in [2.75, 3.05) is 0 Å². The van der Waals surface area contributed by atoms with Gasteiger partial charge in [0.15, 0.2) is 11.6 Å². The average Bonchev–Trinajstić information content (AvgIpc) is 2.34. The molecule has 20 heavy (non-hydrogen) atoms. The lowest BCUT2D eigenvalue weighted by molar-refractivity contribution is -0.137. The summed E-state index contributed by atoms with van der Waals surface area (Å²) < 4.78 is 26.4. The van der Waals surface area contributed by atoms with Crippen LogP contribution in [0.2, 0.25) is 0 Å². The van der Waals surface area contributed by atoms with E-state index in [-0.39, 0.29) is 18.4 Å². The van der Waals surface area contributed by atoms with Crippen molar-refractivity contribution in [1.82, 2.24) is 5.32 Å². The summed E-state index contributed by atoms with van der Waals surface area (Å²) in [6.45, 7) is 1.87. The Labute approximate surface area is 115 Å². The normalized spacial score (nSPS) is 11.9. The zero-order valence-electron chi connectivity index (χ0n) is 11.2. The molecule has 0 spiro atoms.